The van der Waals surface area contributed by atoms with Crippen LogP contribution in [0.5, 0.6) is 0 Å². The average molecular weight is 298 g/mol. The number of rotatable bonds is 2. The summed E-state index contributed by atoms with van der Waals surface area (Å²) in [5.74, 6) is 0.604. The highest BCUT2D eigenvalue weighted by molar-refractivity contribution is 6.30. The molecule has 1 fully saturated rings. The Bertz CT molecular complexity index is 310. The highest BCUT2D eigenvalue weighted by atomic mass is 35.5. The van der Waals surface area contributed by atoms with Crippen LogP contribution in [0.4, 0.5) is 0 Å². The van der Waals surface area contributed by atoms with Gasteiger partial charge in [0.25, 0.3) is 0 Å². The third-order valence-electron chi connectivity index (χ3n) is 3.15. The quantitative estimate of drug-likeness (QED) is 0.880. The number of hydrogen-bond donors (Lipinski definition) is 2. The first kappa shape index (κ1) is 17.0. The third-order valence-corrected chi connectivity index (χ3v) is 3.40. The fourth-order valence-electron chi connectivity index (χ4n) is 2.16. The molecule has 1 aromatic rings. The van der Waals surface area contributed by atoms with E-state index in [1.54, 1.807) is 0 Å². The van der Waals surface area contributed by atoms with Crippen LogP contribution in [0.2, 0.25) is 5.02 Å². The monoisotopic (exact) mass is 296 g/mol. The predicted molar refractivity (Wildman–Crippen MR) is 78.5 cm³/mol. The van der Waals surface area contributed by atoms with Crippen LogP contribution >= 0.6 is 36.4 Å². The van der Waals surface area contributed by atoms with E-state index in [4.69, 9.17) is 17.3 Å². The van der Waals surface area contributed by atoms with Crippen LogP contribution < -0.4 is 11.1 Å². The molecule has 0 radical (unpaired) electrons. The van der Waals surface area contributed by atoms with Gasteiger partial charge in [0.05, 0.1) is 0 Å². The van der Waals surface area contributed by atoms with Gasteiger partial charge < -0.3 is 11.1 Å². The number of nitrogens with two attached hydrogens (primary N) is 1. The second-order valence-electron chi connectivity index (χ2n) is 4.16. The molecule has 1 atom stereocenters. The van der Waals surface area contributed by atoms with Crippen molar-refractivity contribution in [2.75, 3.05) is 13.1 Å². The zero-order chi connectivity index (χ0) is 10.7. The SMILES string of the molecule is Cl.Cl.NC(c1ccc(Cl)cc1)C1CCNCC1. The zero-order valence-corrected chi connectivity index (χ0v) is 12.0. The number of hydrogen-bond acceptors (Lipinski definition) is 2. The van der Waals surface area contributed by atoms with Gasteiger partial charge in [-0.25, -0.2) is 0 Å². The van der Waals surface area contributed by atoms with Crippen molar-refractivity contribution in [1.29, 1.82) is 0 Å². The van der Waals surface area contributed by atoms with E-state index in [1.165, 1.54) is 18.4 Å². The summed E-state index contributed by atoms with van der Waals surface area (Å²) in [6.45, 7) is 2.18. The van der Waals surface area contributed by atoms with E-state index in [1.807, 2.05) is 24.3 Å². The van der Waals surface area contributed by atoms with Gasteiger partial charge in [-0.2, -0.15) is 0 Å². The molecule has 1 heterocycles. The van der Waals surface area contributed by atoms with E-state index >= 15 is 0 Å². The highest BCUT2D eigenvalue weighted by Gasteiger charge is 2.21. The molecule has 98 valence electrons. The Morgan fingerprint density at radius 1 is 1.12 bits per heavy atom. The van der Waals surface area contributed by atoms with Crippen molar-refractivity contribution < 1.29 is 0 Å². The number of halogens is 3. The van der Waals surface area contributed by atoms with Crippen molar-refractivity contribution in [3.8, 4) is 0 Å². The summed E-state index contributed by atoms with van der Waals surface area (Å²) in [6, 6.07) is 8.06. The third kappa shape index (κ3) is 4.65. The van der Waals surface area contributed by atoms with E-state index in [2.05, 4.69) is 5.32 Å². The first-order valence-electron chi connectivity index (χ1n) is 5.49. The minimum Gasteiger partial charge on any atom is -0.324 e. The van der Waals surface area contributed by atoms with Crippen molar-refractivity contribution in [2.45, 2.75) is 18.9 Å². The minimum absolute atomic E-state index is 0. The average Bonchev–Trinajstić information content (AvgIpc) is 2.30. The summed E-state index contributed by atoms with van der Waals surface area (Å²) in [5.41, 5.74) is 7.45. The molecular formula is C12H19Cl3N2. The molecule has 0 saturated carbocycles. The van der Waals surface area contributed by atoms with Crippen molar-refractivity contribution in [3.63, 3.8) is 0 Å². The van der Waals surface area contributed by atoms with Crippen molar-refractivity contribution in [3.05, 3.63) is 34.9 Å². The van der Waals surface area contributed by atoms with Crippen molar-refractivity contribution in [2.24, 2.45) is 11.7 Å². The fourth-order valence-corrected chi connectivity index (χ4v) is 2.29. The normalized spacial score (nSPS) is 17.8. The van der Waals surface area contributed by atoms with E-state index in [0.717, 1.165) is 18.1 Å². The van der Waals surface area contributed by atoms with Gasteiger partial charge in [0, 0.05) is 11.1 Å². The highest BCUT2D eigenvalue weighted by Crippen LogP contribution is 2.27. The van der Waals surface area contributed by atoms with Gasteiger partial charge in [-0.05, 0) is 49.5 Å². The summed E-state index contributed by atoms with van der Waals surface area (Å²) < 4.78 is 0. The summed E-state index contributed by atoms with van der Waals surface area (Å²) in [6.07, 6.45) is 2.34. The standard InChI is InChI=1S/C12H17ClN2.2ClH/c13-11-3-1-9(2-4-11)12(14)10-5-7-15-8-6-10;;/h1-4,10,12,15H,5-8,14H2;2*1H. The first-order valence-corrected chi connectivity index (χ1v) is 5.87. The van der Waals surface area contributed by atoms with Gasteiger partial charge in [-0.3, -0.25) is 0 Å². The van der Waals surface area contributed by atoms with Crippen LogP contribution in [0.3, 0.4) is 0 Å². The van der Waals surface area contributed by atoms with Gasteiger partial charge in [-0.15, -0.1) is 24.8 Å². The molecule has 2 rings (SSSR count). The molecule has 0 amide bonds. The molecule has 2 nitrogen and oxygen atoms in total. The Labute approximate surface area is 120 Å². The number of nitrogens with one attached hydrogen (secondary N) is 1. The molecule has 0 spiro atoms. The Morgan fingerprint density at radius 3 is 2.18 bits per heavy atom. The lowest BCUT2D eigenvalue weighted by atomic mass is 9.87. The maximum Gasteiger partial charge on any atom is 0.0406 e. The van der Waals surface area contributed by atoms with Gasteiger partial charge in [0.15, 0.2) is 0 Å². The summed E-state index contributed by atoms with van der Waals surface area (Å²) >= 11 is 5.85. The Balaban J connectivity index is 0.00000128. The van der Waals surface area contributed by atoms with Crippen LogP contribution in [0, 0.1) is 5.92 Å². The molecule has 0 aliphatic carbocycles. The largest absolute Gasteiger partial charge is 0.324 e. The Morgan fingerprint density at radius 2 is 1.65 bits per heavy atom. The van der Waals surface area contributed by atoms with E-state index in [0.29, 0.717) is 5.92 Å². The number of piperidine rings is 1. The van der Waals surface area contributed by atoms with Crippen LogP contribution in [-0.4, -0.2) is 13.1 Å². The molecule has 3 N–H and O–H groups in total. The molecule has 1 unspecified atom stereocenters. The molecule has 17 heavy (non-hydrogen) atoms. The van der Waals surface area contributed by atoms with Crippen molar-refractivity contribution in [1.82, 2.24) is 5.32 Å². The Hall–Kier alpha value is 0.01000. The second-order valence-corrected chi connectivity index (χ2v) is 4.60. The van der Waals surface area contributed by atoms with E-state index < -0.39 is 0 Å². The lowest BCUT2D eigenvalue weighted by molar-refractivity contribution is 0.322. The van der Waals surface area contributed by atoms with Crippen LogP contribution in [0.15, 0.2) is 24.3 Å². The summed E-state index contributed by atoms with van der Waals surface area (Å²) in [4.78, 5) is 0. The Kier molecular flexibility index (Phi) is 8.18. The van der Waals surface area contributed by atoms with Crippen LogP contribution in [0.25, 0.3) is 0 Å². The summed E-state index contributed by atoms with van der Waals surface area (Å²) in [5, 5.41) is 4.13. The first-order chi connectivity index (χ1) is 7.27. The van der Waals surface area contributed by atoms with Crippen LogP contribution in [0.1, 0.15) is 24.4 Å². The lowest BCUT2D eigenvalue weighted by Gasteiger charge is -2.28. The van der Waals surface area contributed by atoms with E-state index in [9.17, 15) is 0 Å². The minimum atomic E-state index is 0. The van der Waals surface area contributed by atoms with Crippen molar-refractivity contribution >= 4 is 36.4 Å². The topological polar surface area (TPSA) is 38.0 Å². The molecule has 1 aromatic carbocycles. The predicted octanol–water partition coefficient (Wildman–Crippen LogP) is 3.18. The fraction of sp³-hybridized carbons (Fsp3) is 0.500. The van der Waals surface area contributed by atoms with E-state index in [-0.39, 0.29) is 30.9 Å². The van der Waals surface area contributed by atoms with Gasteiger partial charge in [0.1, 0.15) is 0 Å². The molecule has 1 aliphatic rings. The smallest absolute Gasteiger partial charge is 0.0406 e. The zero-order valence-electron chi connectivity index (χ0n) is 9.56. The van der Waals surface area contributed by atoms with Gasteiger partial charge in [0.2, 0.25) is 0 Å². The van der Waals surface area contributed by atoms with Crippen LogP contribution in [-0.2, 0) is 0 Å². The molecule has 0 aromatic heterocycles. The molecular weight excluding hydrogens is 279 g/mol. The second kappa shape index (κ2) is 8.17. The number of benzene rings is 1. The van der Waals surface area contributed by atoms with Gasteiger partial charge in [-0.1, -0.05) is 23.7 Å². The maximum atomic E-state index is 6.25. The summed E-state index contributed by atoms with van der Waals surface area (Å²) in [7, 11) is 0. The molecule has 0 bridgehead atoms. The lowest BCUT2D eigenvalue weighted by Crippen LogP contribution is -2.33. The maximum absolute atomic E-state index is 6.25. The molecule has 1 saturated heterocycles. The molecule has 1 aliphatic heterocycles. The van der Waals surface area contributed by atoms with Gasteiger partial charge >= 0.3 is 0 Å². The molecule has 5 heteroatoms.